The fraction of sp³-hybridized carbons (Fsp3) is 0.182. The molecule has 0 saturated carbocycles. The molecule has 26 heavy (non-hydrogen) atoms. The number of phenolic OH excluding ortho intramolecular Hbond substituents is 2. The summed E-state index contributed by atoms with van der Waals surface area (Å²) in [6, 6.07) is 20.9. The van der Waals surface area contributed by atoms with E-state index in [-0.39, 0.29) is 16.9 Å². The largest absolute Gasteiger partial charge is 0.508 e. The van der Waals surface area contributed by atoms with Gasteiger partial charge in [0.05, 0.1) is 0 Å². The maximum Gasteiger partial charge on any atom is 0.171 e. The molecular formula is C22H23O3P. The minimum atomic E-state index is -3.17. The van der Waals surface area contributed by atoms with Gasteiger partial charge in [-0.2, -0.15) is 0 Å². The molecule has 0 amide bonds. The summed E-state index contributed by atoms with van der Waals surface area (Å²) in [6.07, 6.45) is 0. The van der Waals surface area contributed by atoms with Gasteiger partial charge >= 0.3 is 0 Å². The van der Waals surface area contributed by atoms with Crippen molar-refractivity contribution in [3.63, 3.8) is 0 Å². The predicted molar refractivity (Wildman–Crippen MR) is 108 cm³/mol. The molecule has 0 aliphatic rings. The van der Waals surface area contributed by atoms with Crippen LogP contribution in [0.2, 0.25) is 0 Å². The average Bonchev–Trinajstić information content (AvgIpc) is 2.61. The molecule has 0 saturated heterocycles. The van der Waals surface area contributed by atoms with Crippen LogP contribution in [0.4, 0.5) is 0 Å². The van der Waals surface area contributed by atoms with E-state index in [0.717, 1.165) is 10.9 Å². The van der Waals surface area contributed by atoms with Crippen LogP contribution in [0.15, 0.2) is 72.8 Å². The number of benzene rings is 3. The van der Waals surface area contributed by atoms with Crippen LogP contribution in [0, 0.1) is 0 Å². The van der Waals surface area contributed by atoms with Crippen LogP contribution >= 0.6 is 7.14 Å². The molecule has 0 bridgehead atoms. The van der Waals surface area contributed by atoms with Gasteiger partial charge in [-0.1, -0.05) is 45.0 Å². The number of hydrogen-bond donors (Lipinski definition) is 2. The van der Waals surface area contributed by atoms with Crippen LogP contribution < -0.4 is 15.9 Å². The molecule has 134 valence electrons. The maximum absolute atomic E-state index is 14.5. The van der Waals surface area contributed by atoms with Gasteiger partial charge < -0.3 is 14.8 Å². The van der Waals surface area contributed by atoms with Gasteiger partial charge in [-0.15, -0.1) is 0 Å². The van der Waals surface area contributed by atoms with Gasteiger partial charge in [-0.25, -0.2) is 0 Å². The molecule has 0 radical (unpaired) electrons. The van der Waals surface area contributed by atoms with E-state index in [1.54, 1.807) is 48.5 Å². The zero-order valence-electron chi connectivity index (χ0n) is 15.2. The van der Waals surface area contributed by atoms with Crippen LogP contribution in [0.3, 0.4) is 0 Å². The van der Waals surface area contributed by atoms with Crippen molar-refractivity contribution in [2.45, 2.75) is 26.2 Å². The summed E-state index contributed by atoms with van der Waals surface area (Å²) in [5, 5.41) is 21.4. The van der Waals surface area contributed by atoms with Crippen molar-refractivity contribution in [2.75, 3.05) is 0 Å². The summed E-state index contributed by atoms with van der Waals surface area (Å²) in [7, 11) is -3.17. The molecule has 3 aromatic carbocycles. The molecule has 0 spiro atoms. The maximum atomic E-state index is 14.5. The van der Waals surface area contributed by atoms with Crippen molar-refractivity contribution in [3.05, 3.63) is 78.4 Å². The van der Waals surface area contributed by atoms with E-state index in [9.17, 15) is 14.8 Å². The van der Waals surface area contributed by atoms with Gasteiger partial charge in [0.1, 0.15) is 11.5 Å². The Bertz CT molecular complexity index is 902. The third-order valence-corrected chi connectivity index (χ3v) is 7.60. The number of phenols is 2. The van der Waals surface area contributed by atoms with E-state index in [0.29, 0.717) is 10.6 Å². The molecular weight excluding hydrogens is 343 g/mol. The molecule has 2 N–H and O–H groups in total. The zero-order valence-corrected chi connectivity index (χ0v) is 16.1. The highest BCUT2D eigenvalue weighted by atomic mass is 31.2. The van der Waals surface area contributed by atoms with Crippen molar-refractivity contribution in [2.24, 2.45) is 0 Å². The number of aromatic hydroxyl groups is 2. The van der Waals surface area contributed by atoms with E-state index < -0.39 is 7.14 Å². The van der Waals surface area contributed by atoms with Gasteiger partial charge in [0.15, 0.2) is 7.14 Å². The molecule has 0 aromatic heterocycles. The van der Waals surface area contributed by atoms with E-state index in [4.69, 9.17) is 0 Å². The molecule has 0 aliphatic carbocycles. The van der Waals surface area contributed by atoms with Crippen LogP contribution in [-0.4, -0.2) is 10.2 Å². The topological polar surface area (TPSA) is 57.5 Å². The minimum absolute atomic E-state index is 0.134. The van der Waals surface area contributed by atoms with Gasteiger partial charge in [0.2, 0.25) is 0 Å². The Morgan fingerprint density at radius 1 is 0.692 bits per heavy atom. The zero-order chi connectivity index (χ0) is 18.9. The second-order valence-corrected chi connectivity index (χ2v) is 10.1. The summed E-state index contributed by atoms with van der Waals surface area (Å²) in [6.45, 7) is 6.30. The Morgan fingerprint density at radius 2 is 1.12 bits per heavy atom. The summed E-state index contributed by atoms with van der Waals surface area (Å²) in [5.41, 5.74) is 0.838. The second-order valence-electron chi connectivity index (χ2n) is 7.41. The molecule has 3 rings (SSSR count). The quantitative estimate of drug-likeness (QED) is 0.688. The highest BCUT2D eigenvalue weighted by Gasteiger charge is 2.34. The molecule has 4 heteroatoms. The summed E-state index contributed by atoms with van der Waals surface area (Å²) < 4.78 is 14.5. The van der Waals surface area contributed by atoms with E-state index in [1.807, 2.05) is 24.3 Å². The molecule has 0 unspecified atom stereocenters. The SMILES string of the molecule is CC(C)(C)c1ccccc1P(=O)(c1ccc(O)cc1)c1ccc(O)cc1. The first-order valence-electron chi connectivity index (χ1n) is 8.52. The first-order chi connectivity index (χ1) is 12.2. The van der Waals surface area contributed by atoms with Crippen molar-refractivity contribution in [1.82, 2.24) is 0 Å². The fourth-order valence-electron chi connectivity index (χ4n) is 3.13. The number of rotatable bonds is 3. The van der Waals surface area contributed by atoms with Crippen LogP contribution in [0.25, 0.3) is 0 Å². The van der Waals surface area contributed by atoms with Gasteiger partial charge in [0, 0.05) is 15.9 Å². The standard InChI is InChI=1S/C22H23O3P/c1-22(2,3)20-6-4-5-7-21(20)26(25,18-12-8-16(23)9-13-18)19-14-10-17(24)11-15-19/h4-15,23-24H,1-3H3. The first-order valence-corrected chi connectivity index (χ1v) is 10.2. The molecule has 0 atom stereocenters. The summed E-state index contributed by atoms with van der Waals surface area (Å²) in [4.78, 5) is 0. The number of hydrogen-bond acceptors (Lipinski definition) is 3. The molecule has 0 aliphatic heterocycles. The van der Waals surface area contributed by atoms with Crippen molar-refractivity contribution >= 4 is 23.1 Å². The third kappa shape index (κ3) is 3.27. The highest BCUT2D eigenvalue weighted by molar-refractivity contribution is 7.85. The lowest BCUT2D eigenvalue weighted by atomic mass is 9.87. The van der Waals surface area contributed by atoms with E-state index in [2.05, 4.69) is 20.8 Å². The Morgan fingerprint density at radius 3 is 1.54 bits per heavy atom. The first kappa shape index (κ1) is 18.3. The minimum Gasteiger partial charge on any atom is -0.508 e. The van der Waals surface area contributed by atoms with E-state index >= 15 is 0 Å². The third-order valence-electron chi connectivity index (χ3n) is 4.48. The normalized spacial score (nSPS) is 12.1. The van der Waals surface area contributed by atoms with Crippen LogP contribution in [0.5, 0.6) is 11.5 Å². The van der Waals surface area contributed by atoms with Crippen LogP contribution in [0.1, 0.15) is 26.3 Å². The van der Waals surface area contributed by atoms with Gasteiger partial charge in [-0.05, 0) is 59.5 Å². The second kappa shape index (κ2) is 6.66. The Kier molecular flexibility index (Phi) is 4.68. The van der Waals surface area contributed by atoms with Gasteiger partial charge in [-0.3, -0.25) is 0 Å². The molecule has 3 nitrogen and oxygen atoms in total. The predicted octanol–water partition coefficient (Wildman–Crippen LogP) is 4.03. The Labute approximate surface area is 154 Å². The lowest BCUT2D eigenvalue weighted by Crippen LogP contribution is -2.31. The van der Waals surface area contributed by atoms with Crippen molar-refractivity contribution in [1.29, 1.82) is 0 Å². The average molecular weight is 366 g/mol. The summed E-state index contributed by atoms with van der Waals surface area (Å²) in [5.74, 6) is 0.269. The monoisotopic (exact) mass is 366 g/mol. The summed E-state index contributed by atoms with van der Waals surface area (Å²) >= 11 is 0. The Balaban J connectivity index is 2.35. The highest BCUT2D eigenvalue weighted by Crippen LogP contribution is 2.45. The van der Waals surface area contributed by atoms with E-state index in [1.165, 1.54) is 0 Å². The Hall–Kier alpha value is -2.51. The molecule has 3 aromatic rings. The molecule has 0 fully saturated rings. The molecule has 0 heterocycles. The smallest absolute Gasteiger partial charge is 0.171 e. The van der Waals surface area contributed by atoms with Crippen molar-refractivity contribution in [3.8, 4) is 11.5 Å². The lowest BCUT2D eigenvalue weighted by Gasteiger charge is -2.28. The fourth-order valence-corrected chi connectivity index (χ4v) is 6.17. The van der Waals surface area contributed by atoms with Crippen molar-refractivity contribution < 1.29 is 14.8 Å². The van der Waals surface area contributed by atoms with Gasteiger partial charge in [0.25, 0.3) is 0 Å². The lowest BCUT2D eigenvalue weighted by molar-refractivity contribution is 0.475. The van der Waals surface area contributed by atoms with Crippen LogP contribution in [-0.2, 0) is 9.98 Å².